The van der Waals surface area contributed by atoms with Crippen molar-refractivity contribution in [3.63, 3.8) is 0 Å². The molecule has 0 atom stereocenters. The van der Waals surface area contributed by atoms with E-state index >= 15 is 0 Å². The molecule has 0 unspecified atom stereocenters. The summed E-state index contributed by atoms with van der Waals surface area (Å²) in [7, 11) is -6.19. The topological polar surface area (TPSA) is 55.4 Å². The van der Waals surface area contributed by atoms with Gasteiger partial charge in [-0.15, -0.1) is 0 Å². The zero-order chi connectivity index (χ0) is 17.1. The second-order valence-electron chi connectivity index (χ2n) is 4.21. The third-order valence-electron chi connectivity index (χ3n) is 2.74. The number of hydrogen-bond donors (Lipinski definition) is 1. The number of rotatable bonds is 14. The molecular weight excluding hydrogens is 347 g/mol. The molecule has 0 heterocycles. The van der Waals surface area contributed by atoms with Crippen molar-refractivity contribution >= 4 is 49.1 Å². The molecule has 0 fully saturated rings. The van der Waals surface area contributed by atoms with Crippen LogP contribution in [-0.4, -0.2) is 80.6 Å². The van der Waals surface area contributed by atoms with Crippen LogP contribution in [0.2, 0.25) is 0 Å². The van der Waals surface area contributed by atoms with Crippen LogP contribution in [0.3, 0.4) is 0 Å². The minimum atomic E-state index is -3.10. The summed E-state index contributed by atoms with van der Waals surface area (Å²) in [5.41, 5.74) is 0. The average molecular weight is 381 g/mol. The van der Waals surface area contributed by atoms with Gasteiger partial charge >= 0.3 is 36.5 Å². The molecule has 0 aliphatic carbocycles. The van der Waals surface area contributed by atoms with E-state index in [1.807, 2.05) is 41.5 Å². The van der Waals surface area contributed by atoms with Gasteiger partial charge in [-0.05, 0) is 41.5 Å². The van der Waals surface area contributed by atoms with Crippen LogP contribution < -0.4 is 0 Å². The van der Waals surface area contributed by atoms with Gasteiger partial charge in [0.15, 0.2) is 0 Å². The molecule has 23 heavy (non-hydrogen) atoms. The Balaban J connectivity index is 0. The molecule has 0 amide bonds. The van der Waals surface area contributed by atoms with Crippen LogP contribution in [-0.2, 0) is 26.6 Å². The van der Waals surface area contributed by atoms with Crippen molar-refractivity contribution in [2.75, 3.05) is 39.6 Å². The van der Waals surface area contributed by atoms with Crippen molar-refractivity contribution in [1.29, 1.82) is 0 Å². The average Bonchev–Trinajstić information content (AvgIpc) is 2.48. The quantitative estimate of drug-likeness (QED) is 0.366. The molecule has 0 bridgehead atoms. The third kappa shape index (κ3) is 7.50. The van der Waals surface area contributed by atoms with Gasteiger partial charge in [0.1, 0.15) is 4.50 Å². The van der Waals surface area contributed by atoms with Crippen LogP contribution in [0.5, 0.6) is 0 Å². The van der Waals surface area contributed by atoms with Gasteiger partial charge in [0, 0.05) is 39.6 Å². The van der Waals surface area contributed by atoms with E-state index in [2.05, 4.69) is 0 Å². The predicted molar refractivity (Wildman–Crippen MR) is 101 cm³/mol. The van der Waals surface area contributed by atoms with Crippen molar-refractivity contribution < 1.29 is 26.6 Å². The molecule has 0 radical (unpaired) electrons. The predicted octanol–water partition coefficient (Wildman–Crippen LogP) is 1.81. The van der Waals surface area contributed by atoms with E-state index in [0.717, 1.165) is 0 Å². The summed E-state index contributed by atoms with van der Waals surface area (Å²) in [6, 6.07) is 0. The summed E-state index contributed by atoms with van der Waals surface area (Å²) in [4.78, 5) is 0. The SMILES string of the molecule is CCO[Si](OCC)(OCC)C(S)[Si](OCC)(OCC)OCC.[LiH]. The Morgan fingerprint density at radius 2 is 0.739 bits per heavy atom. The van der Waals surface area contributed by atoms with Gasteiger partial charge in [-0.3, -0.25) is 0 Å². The number of hydrogen-bond acceptors (Lipinski definition) is 7. The Bertz CT molecular complexity index is 231. The summed E-state index contributed by atoms with van der Waals surface area (Å²) in [6.45, 7) is 14.3. The number of thiol groups is 1. The normalized spacial score (nSPS) is 12.5. The first-order chi connectivity index (χ1) is 10.5. The first-order valence-corrected chi connectivity index (χ1v) is 12.2. The first-order valence-electron chi connectivity index (χ1n) is 8.03. The van der Waals surface area contributed by atoms with Gasteiger partial charge in [0.05, 0.1) is 0 Å². The molecule has 0 aromatic carbocycles. The minimum absolute atomic E-state index is 0. The molecule has 0 spiro atoms. The van der Waals surface area contributed by atoms with Crippen molar-refractivity contribution in [3.8, 4) is 0 Å². The van der Waals surface area contributed by atoms with Gasteiger partial charge in [-0.25, -0.2) is 0 Å². The maximum absolute atomic E-state index is 5.93. The second-order valence-corrected chi connectivity index (χ2v) is 11.6. The van der Waals surface area contributed by atoms with Crippen molar-refractivity contribution in [3.05, 3.63) is 0 Å². The Morgan fingerprint density at radius 3 is 0.870 bits per heavy atom. The fraction of sp³-hybridized carbons (Fsp3) is 1.00. The molecule has 0 aliphatic rings. The zero-order valence-corrected chi connectivity index (χ0v) is 17.6. The molecule has 0 rings (SSSR count). The molecule has 0 saturated carbocycles. The van der Waals surface area contributed by atoms with Crippen LogP contribution in [0.4, 0.5) is 0 Å². The van der Waals surface area contributed by atoms with E-state index in [1.165, 1.54) is 0 Å². The monoisotopic (exact) mass is 380 g/mol. The summed E-state index contributed by atoms with van der Waals surface area (Å²) in [5.74, 6) is 0. The van der Waals surface area contributed by atoms with E-state index in [0.29, 0.717) is 39.6 Å². The molecule has 0 aromatic rings. The first kappa shape index (κ1) is 26.4. The van der Waals surface area contributed by atoms with Gasteiger partial charge in [0.2, 0.25) is 0 Å². The van der Waals surface area contributed by atoms with Crippen LogP contribution in [0.1, 0.15) is 41.5 Å². The van der Waals surface area contributed by atoms with Crippen molar-refractivity contribution in [2.45, 2.75) is 46.0 Å². The summed E-state index contributed by atoms with van der Waals surface area (Å²) in [6.07, 6.45) is 0. The van der Waals surface area contributed by atoms with Gasteiger partial charge in [-0.1, -0.05) is 0 Å². The Labute approximate surface area is 161 Å². The van der Waals surface area contributed by atoms with Gasteiger partial charge in [0.25, 0.3) is 0 Å². The molecule has 136 valence electrons. The summed E-state index contributed by atoms with van der Waals surface area (Å²) >= 11 is 4.77. The summed E-state index contributed by atoms with van der Waals surface area (Å²) < 4.78 is 35.1. The van der Waals surface area contributed by atoms with Crippen molar-refractivity contribution in [1.82, 2.24) is 0 Å². The molecule has 0 N–H and O–H groups in total. The van der Waals surface area contributed by atoms with Crippen LogP contribution in [0.25, 0.3) is 0 Å². The molecule has 0 aromatic heterocycles. The van der Waals surface area contributed by atoms with Crippen LogP contribution in [0.15, 0.2) is 0 Å². The molecular formula is C13H33LiO6SSi2. The van der Waals surface area contributed by atoms with Crippen LogP contribution >= 0.6 is 12.6 Å². The fourth-order valence-corrected chi connectivity index (χ4v) is 10.6. The standard InChI is InChI=1S/C13H32O6SSi2.Li.H/c1-7-14-21(15-8-2,16-9-3)13(20)22(17-10-4,18-11-5)19-12-6;;/h13,20H,7-12H2,1-6H3;;. The third-order valence-corrected chi connectivity index (χ3v) is 12.2. The van der Waals surface area contributed by atoms with E-state index < -0.39 is 22.1 Å². The van der Waals surface area contributed by atoms with E-state index in [1.54, 1.807) is 0 Å². The second kappa shape index (κ2) is 14.3. The molecule has 0 aliphatic heterocycles. The van der Waals surface area contributed by atoms with Gasteiger partial charge in [-0.2, -0.15) is 12.6 Å². The van der Waals surface area contributed by atoms with E-state index in [9.17, 15) is 0 Å². The van der Waals surface area contributed by atoms with E-state index in [4.69, 9.17) is 39.2 Å². The van der Waals surface area contributed by atoms with Crippen molar-refractivity contribution in [2.24, 2.45) is 0 Å². The van der Waals surface area contributed by atoms with E-state index in [-0.39, 0.29) is 18.9 Å². The molecule has 6 nitrogen and oxygen atoms in total. The fourth-order valence-electron chi connectivity index (χ4n) is 2.15. The Hall–Kier alpha value is 1.14. The van der Waals surface area contributed by atoms with Crippen LogP contribution in [0, 0.1) is 0 Å². The zero-order valence-electron chi connectivity index (χ0n) is 14.7. The molecule has 10 heteroatoms. The Morgan fingerprint density at radius 1 is 0.565 bits per heavy atom. The summed E-state index contributed by atoms with van der Waals surface area (Å²) in [5, 5.41) is 0. The van der Waals surface area contributed by atoms with Gasteiger partial charge < -0.3 is 26.6 Å². The Kier molecular flexibility index (Phi) is 16.4. The maximum atomic E-state index is 5.93. The molecule has 0 saturated heterocycles.